The predicted octanol–water partition coefficient (Wildman–Crippen LogP) is 2.99. The van der Waals surface area contributed by atoms with Gasteiger partial charge in [-0.05, 0) is 31.0 Å². The quantitative estimate of drug-likeness (QED) is 0.835. The third-order valence-corrected chi connectivity index (χ3v) is 4.14. The molecular formula is C14H14FN3. The maximum Gasteiger partial charge on any atom is 0.125 e. The molecule has 18 heavy (non-hydrogen) atoms. The summed E-state index contributed by atoms with van der Waals surface area (Å²) in [6, 6.07) is 7.21. The smallest absolute Gasteiger partial charge is 0.125 e. The lowest BCUT2D eigenvalue weighted by Gasteiger charge is -2.45. The van der Waals surface area contributed by atoms with Crippen molar-refractivity contribution >= 4 is 5.69 Å². The number of hydrogen-bond donors (Lipinski definition) is 1. The fourth-order valence-electron chi connectivity index (χ4n) is 3.34. The summed E-state index contributed by atoms with van der Waals surface area (Å²) in [6.45, 7) is 0.950. The van der Waals surface area contributed by atoms with E-state index in [-0.39, 0.29) is 5.82 Å². The van der Waals surface area contributed by atoms with E-state index in [1.165, 1.54) is 23.9 Å². The van der Waals surface area contributed by atoms with E-state index in [1.807, 2.05) is 6.07 Å². The lowest BCUT2D eigenvalue weighted by atomic mass is 9.80. The number of nitrogens with zero attached hydrogens (tertiary/aromatic N) is 2. The number of aromatic amines is 1. The summed E-state index contributed by atoms with van der Waals surface area (Å²) in [5, 5.41) is 0. The van der Waals surface area contributed by atoms with Crippen LogP contribution in [0.5, 0.6) is 0 Å². The molecule has 1 saturated heterocycles. The average Bonchev–Trinajstić information content (AvgIpc) is 2.90. The first-order chi connectivity index (χ1) is 8.83. The van der Waals surface area contributed by atoms with Gasteiger partial charge >= 0.3 is 0 Å². The number of rotatable bonds is 1. The molecule has 3 nitrogen and oxygen atoms in total. The minimum atomic E-state index is -0.168. The average molecular weight is 243 g/mol. The number of hydrogen-bond acceptors (Lipinski definition) is 2. The molecule has 5 rings (SSSR count). The minimum absolute atomic E-state index is 0.168. The van der Waals surface area contributed by atoms with Crippen LogP contribution in [-0.2, 0) is 0 Å². The van der Waals surface area contributed by atoms with E-state index in [9.17, 15) is 4.39 Å². The molecule has 2 atom stereocenters. The van der Waals surface area contributed by atoms with Crippen molar-refractivity contribution in [2.75, 3.05) is 11.4 Å². The Kier molecular flexibility index (Phi) is 2.01. The van der Waals surface area contributed by atoms with Crippen molar-refractivity contribution in [2.24, 2.45) is 0 Å². The van der Waals surface area contributed by atoms with E-state index >= 15 is 0 Å². The van der Waals surface area contributed by atoms with Crippen LogP contribution in [0.25, 0.3) is 0 Å². The Hall–Kier alpha value is -1.84. The standard InChI is InChI=1S/C14H14FN3/c15-10-2-1-3-11(6-10)18-7-9-4-5-12(18)14-13(9)16-8-17-14/h1-3,6,8-9,12H,4-5,7H2,(H,16,17). The highest BCUT2D eigenvalue weighted by molar-refractivity contribution is 5.52. The van der Waals surface area contributed by atoms with Crippen LogP contribution in [-0.4, -0.2) is 16.5 Å². The number of nitrogens with one attached hydrogen (secondary N) is 1. The Labute approximate surface area is 105 Å². The van der Waals surface area contributed by atoms with Gasteiger partial charge in [0.1, 0.15) is 5.82 Å². The number of anilines is 1. The van der Waals surface area contributed by atoms with Crippen LogP contribution in [0, 0.1) is 5.82 Å². The van der Waals surface area contributed by atoms with Gasteiger partial charge in [-0.25, -0.2) is 9.37 Å². The molecule has 1 aromatic heterocycles. The number of fused-ring (bicyclic) bond motifs is 2. The summed E-state index contributed by atoms with van der Waals surface area (Å²) in [4.78, 5) is 9.99. The molecule has 2 aliphatic heterocycles. The second kappa shape index (κ2) is 3.57. The zero-order valence-corrected chi connectivity index (χ0v) is 9.94. The van der Waals surface area contributed by atoms with Crippen molar-refractivity contribution in [3.05, 3.63) is 47.8 Å². The van der Waals surface area contributed by atoms with E-state index in [4.69, 9.17) is 0 Å². The maximum atomic E-state index is 13.4. The third-order valence-electron chi connectivity index (χ3n) is 4.14. The van der Waals surface area contributed by atoms with Crippen LogP contribution in [0.1, 0.15) is 36.2 Å². The zero-order valence-electron chi connectivity index (χ0n) is 9.94. The summed E-state index contributed by atoms with van der Waals surface area (Å²) < 4.78 is 13.4. The normalized spacial score (nSPS) is 25.3. The van der Waals surface area contributed by atoms with Gasteiger partial charge in [0, 0.05) is 18.2 Å². The van der Waals surface area contributed by atoms with Crippen LogP contribution in [0.15, 0.2) is 30.6 Å². The summed E-state index contributed by atoms with van der Waals surface area (Å²) in [5.41, 5.74) is 3.42. The summed E-state index contributed by atoms with van der Waals surface area (Å²) in [7, 11) is 0. The van der Waals surface area contributed by atoms with Crippen molar-refractivity contribution in [3.8, 4) is 0 Å². The molecule has 3 heterocycles. The van der Waals surface area contributed by atoms with Crippen molar-refractivity contribution in [3.63, 3.8) is 0 Å². The van der Waals surface area contributed by atoms with Gasteiger partial charge in [-0.2, -0.15) is 0 Å². The molecule has 4 heteroatoms. The molecule has 0 amide bonds. The van der Waals surface area contributed by atoms with Crippen molar-refractivity contribution in [2.45, 2.75) is 24.8 Å². The third kappa shape index (κ3) is 1.32. The molecule has 0 radical (unpaired) electrons. The van der Waals surface area contributed by atoms with E-state index in [2.05, 4.69) is 14.9 Å². The van der Waals surface area contributed by atoms with Crippen LogP contribution < -0.4 is 4.90 Å². The monoisotopic (exact) mass is 243 g/mol. The molecule has 0 saturated carbocycles. The molecule has 1 N–H and O–H groups in total. The number of imidazole rings is 1. The molecule has 0 spiro atoms. The Morgan fingerprint density at radius 3 is 3.17 bits per heavy atom. The number of benzene rings is 1. The summed E-state index contributed by atoms with van der Waals surface area (Å²) >= 11 is 0. The lowest BCUT2D eigenvalue weighted by Crippen LogP contribution is -2.42. The van der Waals surface area contributed by atoms with Crippen molar-refractivity contribution < 1.29 is 4.39 Å². The number of aromatic nitrogens is 2. The van der Waals surface area contributed by atoms with Crippen molar-refractivity contribution in [1.82, 2.24) is 9.97 Å². The number of H-pyrrole nitrogens is 1. The van der Waals surface area contributed by atoms with E-state index < -0.39 is 0 Å². The van der Waals surface area contributed by atoms with Gasteiger partial charge in [-0.3, -0.25) is 0 Å². The fourth-order valence-corrected chi connectivity index (χ4v) is 3.34. The van der Waals surface area contributed by atoms with E-state index in [0.29, 0.717) is 12.0 Å². The van der Waals surface area contributed by atoms with Crippen molar-refractivity contribution in [1.29, 1.82) is 0 Å². The molecule has 3 aliphatic rings. The Morgan fingerprint density at radius 2 is 2.28 bits per heavy atom. The Morgan fingerprint density at radius 1 is 1.33 bits per heavy atom. The summed E-state index contributed by atoms with van der Waals surface area (Å²) in [5.74, 6) is 0.318. The zero-order chi connectivity index (χ0) is 12.1. The molecule has 92 valence electrons. The van der Waals surface area contributed by atoms with Crippen LogP contribution in [0.3, 0.4) is 0 Å². The predicted molar refractivity (Wildman–Crippen MR) is 67.0 cm³/mol. The van der Waals surface area contributed by atoms with Crippen LogP contribution in [0.2, 0.25) is 0 Å². The molecule has 2 unspecified atom stereocenters. The molecule has 2 aromatic rings. The Balaban J connectivity index is 1.78. The van der Waals surface area contributed by atoms with E-state index in [0.717, 1.165) is 18.7 Å². The van der Waals surface area contributed by atoms with Crippen LogP contribution >= 0.6 is 0 Å². The lowest BCUT2D eigenvalue weighted by molar-refractivity contribution is 0.379. The van der Waals surface area contributed by atoms with Gasteiger partial charge in [0.25, 0.3) is 0 Å². The first kappa shape index (κ1) is 10.1. The summed E-state index contributed by atoms with van der Waals surface area (Å²) in [6.07, 6.45) is 4.09. The molecule has 1 fully saturated rings. The SMILES string of the molecule is Fc1cccc(N2CC3CCC2c2[nH]cnc23)c1. The Bertz CT molecular complexity index is 592. The van der Waals surface area contributed by atoms with Gasteiger partial charge in [0.2, 0.25) is 0 Å². The van der Waals surface area contributed by atoms with Gasteiger partial charge in [0.15, 0.2) is 0 Å². The van der Waals surface area contributed by atoms with Gasteiger partial charge in [-0.1, -0.05) is 6.07 Å². The minimum Gasteiger partial charge on any atom is -0.362 e. The second-order valence-electron chi connectivity index (χ2n) is 5.12. The number of piperidine rings is 1. The topological polar surface area (TPSA) is 31.9 Å². The molecule has 2 bridgehead atoms. The molecular weight excluding hydrogens is 229 g/mol. The highest BCUT2D eigenvalue weighted by Crippen LogP contribution is 2.46. The highest BCUT2D eigenvalue weighted by atomic mass is 19.1. The first-order valence-corrected chi connectivity index (χ1v) is 6.38. The molecule has 1 aromatic carbocycles. The first-order valence-electron chi connectivity index (χ1n) is 6.38. The maximum absolute atomic E-state index is 13.4. The fraction of sp³-hybridized carbons (Fsp3) is 0.357. The molecule has 1 aliphatic carbocycles. The second-order valence-corrected chi connectivity index (χ2v) is 5.12. The largest absolute Gasteiger partial charge is 0.362 e. The van der Waals surface area contributed by atoms with Crippen LogP contribution in [0.4, 0.5) is 10.1 Å². The van der Waals surface area contributed by atoms with Gasteiger partial charge in [0.05, 0.1) is 23.8 Å². The number of halogens is 1. The van der Waals surface area contributed by atoms with Gasteiger partial charge in [-0.15, -0.1) is 0 Å². The highest BCUT2D eigenvalue weighted by Gasteiger charge is 2.40. The van der Waals surface area contributed by atoms with Gasteiger partial charge < -0.3 is 9.88 Å². The van der Waals surface area contributed by atoms with E-state index in [1.54, 1.807) is 18.5 Å².